The van der Waals surface area contributed by atoms with Gasteiger partial charge >= 0.3 is 206 Å². The summed E-state index contributed by atoms with van der Waals surface area (Å²) in [4.78, 5) is 0. The third kappa shape index (κ3) is 7.57. The van der Waals surface area contributed by atoms with E-state index in [0.29, 0.717) is 46.5 Å². The molecule has 0 spiro atoms. The van der Waals surface area contributed by atoms with Crippen molar-refractivity contribution in [3.8, 4) is 0 Å². The third-order valence-corrected chi connectivity index (χ3v) is 30.7. The molecule has 0 bridgehead atoms. The van der Waals surface area contributed by atoms with Crippen LogP contribution in [0.4, 0.5) is 0 Å². The fraction of sp³-hybridized carbons (Fsp3) is 1.00. The summed E-state index contributed by atoms with van der Waals surface area (Å²) in [6, 6.07) is 0. The normalized spacial score (nSPS) is 14.3. The molecular formula is C24H56O4Si2Zr. The average molecular weight is 556 g/mol. The van der Waals surface area contributed by atoms with Crippen molar-refractivity contribution >= 4 is 16.6 Å². The fourth-order valence-corrected chi connectivity index (χ4v) is 38.4. The van der Waals surface area contributed by atoms with E-state index in [-0.39, 0.29) is 0 Å². The Hall–Kier alpha value is 1.16. The quantitative estimate of drug-likeness (QED) is 0.178. The molecule has 0 aromatic heterocycles. The Kier molecular flexibility index (Phi) is 14.4. The molecule has 0 aliphatic heterocycles. The first kappa shape index (κ1) is 32.2. The van der Waals surface area contributed by atoms with Crippen LogP contribution in [0.25, 0.3) is 0 Å². The van der Waals surface area contributed by atoms with Crippen LogP contribution in [0.15, 0.2) is 0 Å². The van der Waals surface area contributed by atoms with Crippen LogP contribution in [0.3, 0.4) is 0 Å². The van der Waals surface area contributed by atoms with Gasteiger partial charge in [0, 0.05) is 0 Å². The van der Waals surface area contributed by atoms with E-state index >= 15 is 0 Å². The second kappa shape index (κ2) is 13.9. The monoisotopic (exact) mass is 554 g/mol. The van der Waals surface area contributed by atoms with Crippen molar-refractivity contribution in [1.29, 1.82) is 0 Å². The fourth-order valence-electron chi connectivity index (χ4n) is 5.77. The molecule has 0 aromatic rings. The molecule has 31 heavy (non-hydrogen) atoms. The number of hydrogen-bond acceptors (Lipinski definition) is 4. The molecule has 4 nitrogen and oxygen atoms in total. The molecule has 0 saturated heterocycles. The summed E-state index contributed by atoms with van der Waals surface area (Å²) in [6.07, 6.45) is 1.89. The molecule has 0 saturated carbocycles. The third-order valence-electron chi connectivity index (χ3n) is 6.98. The van der Waals surface area contributed by atoms with Crippen LogP contribution in [0, 0.1) is 0 Å². The zero-order valence-corrected chi connectivity index (χ0v) is 27.9. The molecule has 0 aliphatic rings. The van der Waals surface area contributed by atoms with Gasteiger partial charge in [0.05, 0.1) is 0 Å². The van der Waals surface area contributed by atoms with Gasteiger partial charge in [0.15, 0.2) is 0 Å². The predicted octanol–water partition coefficient (Wildman–Crippen LogP) is 9.04. The van der Waals surface area contributed by atoms with E-state index < -0.39 is 38.7 Å². The molecule has 0 aromatic carbocycles. The van der Waals surface area contributed by atoms with Crippen LogP contribution in [0.2, 0.25) is 33.2 Å². The Labute approximate surface area is 204 Å². The summed E-state index contributed by atoms with van der Waals surface area (Å²) in [6.45, 7) is 33.6. The SMILES string of the molecule is CCC[O][Zr]([O]CCC)([O][Si](C(C)C)(C(C)C)C(C)C)[O][Si](C(C)C)(C(C)C)C(C)C. The summed E-state index contributed by atoms with van der Waals surface area (Å²) in [7, 11) is -4.45. The first-order valence-electron chi connectivity index (χ1n) is 12.9. The van der Waals surface area contributed by atoms with Crippen molar-refractivity contribution in [2.45, 2.75) is 143 Å². The zero-order valence-electron chi connectivity index (χ0n) is 23.4. The van der Waals surface area contributed by atoms with Gasteiger partial charge in [0.1, 0.15) is 0 Å². The molecule has 7 heteroatoms. The molecule has 0 rings (SSSR count). The van der Waals surface area contributed by atoms with Crippen molar-refractivity contribution in [3.63, 3.8) is 0 Å². The van der Waals surface area contributed by atoms with Gasteiger partial charge in [0.25, 0.3) is 0 Å². The summed E-state index contributed by atoms with van der Waals surface area (Å²) in [5, 5.41) is 0. The van der Waals surface area contributed by atoms with Crippen molar-refractivity contribution in [1.82, 2.24) is 0 Å². The number of hydrogen-bond donors (Lipinski definition) is 0. The first-order chi connectivity index (χ1) is 14.2. The van der Waals surface area contributed by atoms with Crippen molar-refractivity contribution in [2.24, 2.45) is 0 Å². The van der Waals surface area contributed by atoms with E-state index in [1.54, 1.807) is 0 Å². The second-order valence-corrected chi connectivity index (χ2v) is 28.7. The molecule has 0 amide bonds. The minimum atomic E-state index is -4.36. The predicted molar refractivity (Wildman–Crippen MR) is 137 cm³/mol. The van der Waals surface area contributed by atoms with Gasteiger partial charge in [-0.25, -0.2) is 0 Å². The molecule has 0 aliphatic carbocycles. The van der Waals surface area contributed by atoms with E-state index in [9.17, 15) is 0 Å². The van der Waals surface area contributed by atoms with E-state index in [2.05, 4.69) is 96.9 Å². The first-order valence-corrected chi connectivity index (χ1v) is 21.2. The molecule has 0 N–H and O–H groups in total. The summed E-state index contributed by atoms with van der Waals surface area (Å²) < 4.78 is 28.3. The topological polar surface area (TPSA) is 36.9 Å². The standard InChI is InChI=1S/2C9H21OSi.2C3H7O.Zr/c2*1-7(2)11(10,8(3)4)9(5)6;2*1-2-3-4;/h2*7-9H,1-6H3;2*2-3H2,1H3;/q4*-1;+4. The van der Waals surface area contributed by atoms with Gasteiger partial charge in [-0.2, -0.15) is 0 Å². The molecule has 0 heterocycles. The van der Waals surface area contributed by atoms with Crippen molar-refractivity contribution < 1.29 is 32.7 Å². The summed E-state index contributed by atoms with van der Waals surface area (Å²) in [5.74, 6) is 0. The number of rotatable bonds is 16. The Balaban J connectivity index is 6.81. The van der Waals surface area contributed by atoms with Gasteiger partial charge < -0.3 is 0 Å². The molecule has 0 fully saturated rings. The van der Waals surface area contributed by atoms with E-state index in [1.807, 2.05) is 0 Å². The van der Waals surface area contributed by atoms with Gasteiger partial charge in [-0.3, -0.25) is 0 Å². The van der Waals surface area contributed by atoms with E-state index in [1.165, 1.54) is 0 Å². The minimum absolute atomic E-state index is 0.468. The maximum atomic E-state index is 7.44. The molecule has 0 atom stereocenters. The van der Waals surface area contributed by atoms with Gasteiger partial charge in [0.2, 0.25) is 0 Å². The van der Waals surface area contributed by atoms with Crippen LogP contribution < -0.4 is 0 Å². The summed E-state index contributed by atoms with van der Waals surface area (Å²) in [5.41, 5.74) is 2.81. The van der Waals surface area contributed by atoms with Crippen LogP contribution in [-0.4, -0.2) is 29.8 Å². The maximum absolute atomic E-state index is 7.44. The van der Waals surface area contributed by atoms with Gasteiger partial charge in [-0.1, -0.05) is 0 Å². The van der Waals surface area contributed by atoms with Crippen molar-refractivity contribution in [2.75, 3.05) is 13.2 Å². The Morgan fingerprint density at radius 2 is 0.710 bits per heavy atom. The zero-order chi connectivity index (χ0) is 24.6. The molecule has 188 valence electrons. The molecule has 0 unspecified atom stereocenters. The Bertz CT molecular complexity index is 408. The second-order valence-electron chi connectivity index (χ2n) is 11.0. The van der Waals surface area contributed by atoms with Crippen LogP contribution in [0.1, 0.15) is 110 Å². The van der Waals surface area contributed by atoms with E-state index in [0.717, 1.165) is 12.8 Å². The molecular weight excluding hydrogens is 500 g/mol. The Morgan fingerprint density at radius 1 is 0.484 bits per heavy atom. The van der Waals surface area contributed by atoms with E-state index in [4.69, 9.17) is 10.6 Å². The van der Waals surface area contributed by atoms with Gasteiger partial charge in [-0.15, -0.1) is 0 Å². The Morgan fingerprint density at radius 3 is 0.871 bits per heavy atom. The summed E-state index contributed by atoms with van der Waals surface area (Å²) >= 11 is -4.36. The average Bonchev–Trinajstić information content (AvgIpc) is 2.65. The molecule has 0 radical (unpaired) electrons. The van der Waals surface area contributed by atoms with Crippen LogP contribution >= 0.6 is 0 Å². The van der Waals surface area contributed by atoms with Gasteiger partial charge in [-0.05, 0) is 0 Å². The van der Waals surface area contributed by atoms with Crippen LogP contribution in [-0.2, 0) is 32.7 Å². The van der Waals surface area contributed by atoms with Crippen molar-refractivity contribution in [3.05, 3.63) is 0 Å². The van der Waals surface area contributed by atoms with Crippen LogP contribution in [0.5, 0.6) is 0 Å².